The molecule has 0 spiro atoms. The lowest BCUT2D eigenvalue weighted by molar-refractivity contribution is 0.330. The van der Waals surface area contributed by atoms with E-state index in [1.165, 1.54) is 51.4 Å². The van der Waals surface area contributed by atoms with Crippen LogP contribution in [0, 0.1) is 5.92 Å². The number of nitrogens with one attached hydrogen (secondary N) is 2. The van der Waals surface area contributed by atoms with Crippen LogP contribution < -0.4 is 10.6 Å². The summed E-state index contributed by atoms with van der Waals surface area (Å²) in [7, 11) is 0. The molecule has 0 aromatic rings. The number of hydrogen-bond donors (Lipinski definition) is 2. The summed E-state index contributed by atoms with van der Waals surface area (Å²) in [4.78, 5) is 0. The van der Waals surface area contributed by atoms with Crippen LogP contribution in [0.3, 0.4) is 0 Å². The van der Waals surface area contributed by atoms with Gasteiger partial charge in [-0.1, -0.05) is 19.8 Å². The molecule has 0 aliphatic heterocycles. The summed E-state index contributed by atoms with van der Waals surface area (Å²) in [5, 5.41) is 7.84. The van der Waals surface area contributed by atoms with Crippen LogP contribution in [-0.2, 0) is 0 Å². The Kier molecular flexibility index (Phi) is 4.45. The Morgan fingerprint density at radius 1 is 0.875 bits per heavy atom. The Hall–Kier alpha value is -0.310. The SMILES string of the molecule is CC1CCC(NC(=S)NC2CCCC2)CC1. The second-order valence-electron chi connectivity index (χ2n) is 5.56. The lowest BCUT2D eigenvalue weighted by atomic mass is 9.87. The van der Waals surface area contributed by atoms with Gasteiger partial charge in [-0.25, -0.2) is 0 Å². The summed E-state index contributed by atoms with van der Waals surface area (Å²) in [6.07, 6.45) is 10.6. The average Bonchev–Trinajstić information content (AvgIpc) is 2.74. The first-order valence-corrected chi connectivity index (χ1v) is 7.22. The van der Waals surface area contributed by atoms with Gasteiger partial charge in [0.2, 0.25) is 0 Å². The maximum atomic E-state index is 5.38. The zero-order chi connectivity index (χ0) is 11.4. The van der Waals surface area contributed by atoms with Crippen molar-refractivity contribution in [1.29, 1.82) is 0 Å². The summed E-state index contributed by atoms with van der Waals surface area (Å²) >= 11 is 5.38. The molecular weight excluding hydrogens is 216 g/mol. The standard InChI is InChI=1S/C13H24N2S/c1-10-6-8-12(9-7-10)15-13(16)14-11-4-2-3-5-11/h10-12H,2-9H2,1H3,(H2,14,15,16). The van der Waals surface area contributed by atoms with Crippen LogP contribution in [0.5, 0.6) is 0 Å². The molecule has 16 heavy (non-hydrogen) atoms. The fraction of sp³-hybridized carbons (Fsp3) is 0.923. The molecule has 2 nitrogen and oxygen atoms in total. The maximum absolute atomic E-state index is 5.38. The first-order chi connectivity index (χ1) is 7.74. The van der Waals surface area contributed by atoms with Crippen LogP contribution in [0.25, 0.3) is 0 Å². The second kappa shape index (κ2) is 5.85. The highest BCUT2D eigenvalue weighted by atomic mass is 32.1. The molecule has 0 unspecified atom stereocenters. The molecule has 2 aliphatic rings. The predicted octanol–water partition coefficient (Wildman–Crippen LogP) is 2.97. The Morgan fingerprint density at radius 2 is 1.38 bits per heavy atom. The zero-order valence-electron chi connectivity index (χ0n) is 10.3. The van der Waals surface area contributed by atoms with E-state index in [9.17, 15) is 0 Å². The number of rotatable bonds is 2. The lowest BCUT2D eigenvalue weighted by Crippen LogP contribution is -2.46. The van der Waals surface area contributed by atoms with Crippen LogP contribution in [-0.4, -0.2) is 17.2 Å². The summed E-state index contributed by atoms with van der Waals surface area (Å²) in [5.41, 5.74) is 0. The normalized spacial score (nSPS) is 31.3. The molecule has 0 aromatic heterocycles. The third-order valence-corrected chi connectivity index (χ3v) is 4.28. The molecule has 3 heteroatoms. The molecule has 0 amide bonds. The van der Waals surface area contributed by atoms with E-state index in [-0.39, 0.29) is 0 Å². The molecule has 2 N–H and O–H groups in total. The van der Waals surface area contributed by atoms with Gasteiger partial charge in [-0.2, -0.15) is 0 Å². The zero-order valence-corrected chi connectivity index (χ0v) is 11.1. The van der Waals surface area contributed by atoms with E-state index < -0.39 is 0 Å². The van der Waals surface area contributed by atoms with Gasteiger partial charge in [-0.05, 0) is 56.7 Å². The van der Waals surface area contributed by atoms with E-state index in [0.717, 1.165) is 11.0 Å². The Bertz CT molecular complexity index is 228. The minimum atomic E-state index is 0.623. The quantitative estimate of drug-likeness (QED) is 0.726. The van der Waals surface area contributed by atoms with Crippen LogP contribution in [0.4, 0.5) is 0 Å². The van der Waals surface area contributed by atoms with Gasteiger partial charge in [0.1, 0.15) is 0 Å². The lowest BCUT2D eigenvalue weighted by Gasteiger charge is -2.28. The van der Waals surface area contributed by atoms with E-state index in [1.54, 1.807) is 0 Å². The van der Waals surface area contributed by atoms with Gasteiger partial charge in [0.05, 0.1) is 0 Å². The third-order valence-electron chi connectivity index (χ3n) is 4.04. The molecule has 0 heterocycles. The first kappa shape index (κ1) is 12.2. The van der Waals surface area contributed by atoms with Crippen molar-refractivity contribution in [3.63, 3.8) is 0 Å². The van der Waals surface area contributed by atoms with Gasteiger partial charge in [0, 0.05) is 12.1 Å². The van der Waals surface area contributed by atoms with Crippen LogP contribution in [0.2, 0.25) is 0 Å². The van der Waals surface area contributed by atoms with Crippen LogP contribution in [0.1, 0.15) is 58.3 Å². The minimum Gasteiger partial charge on any atom is -0.360 e. The van der Waals surface area contributed by atoms with Gasteiger partial charge < -0.3 is 10.6 Å². The van der Waals surface area contributed by atoms with Crippen molar-refractivity contribution in [3.05, 3.63) is 0 Å². The fourth-order valence-electron chi connectivity index (χ4n) is 2.89. The molecule has 2 fully saturated rings. The van der Waals surface area contributed by atoms with E-state index in [2.05, 4.69) is 17.6 Å². The largest absolute Gasteiger partial charge is 0.360 e. The number of hydrogen-bond acceptors (Lipinski definition) is 1. The molecule has 0 aromatic carbocycles. The average molecular weight is 240 g/mol. The topological polar surface area (TPSA) is 24.1 Å². The third kappa shape index (κ3) is 3.62. The molecule has 0 radical (unpaired) electrons. The van der Waals surface area contributed by atoms with E-state index in [4.69, 9.17) is 12.2 Å². The highest BCUT2D eigenvalue weighted by Gasteiger charge is 2.20. The highest BCUT2D eigenvalue weighted by Crippen LogP contribution is 2.23. The highest BCUT2D eigenvalue weighted by molar-refractivity contribution is 7.80. The summed E-state index contributed by atoms with van der Waals surface area (Å²) in [6, 6.07) is 1.26. The van der Waals surface area contributed by atoms with E-state index in [0.29, 0.717) is 12.1 Å². The first-order valence-electron chi connectivity index (χ1n) is 6.81. The molecule has 2 rings (SSSR count). The van der Waals surface area contributed by atoms with Crippen molar-refractivity contribution in [2.24, 2.45) is 5.92 Å². The summed E-state index contributed by atoms with van der Waals surface area (Å²) in [5.74, 6) is 0.911. The minimum absolute atomic E-state index is 0.623. The molecule has 92 valence electrons. The van der Waals surface area contributed by atoms with Crippen molar-refractivity contribution in [1.82, 2.24) is 10.6 Å². The Labute approximate surface area is 105 Å². The van der Waals surface area contributed by atoms with Gasteiger partial charge in [-0.3, -0.25) is 0 Å². The van der Waals surface area contributed by atoms with Crippen molar-refractivity contribution in [3.8, 4) is 0 Å². The molecule has 2 saturated carbocycles. The smallest absolute Gasteiger partial charge is 0.166 e. The van der Waals surface area contributed by atoms with Crippen LogP contribution >= 0.6 is 12.2 Å². The van der Waals surface area contributed by atoms with E-state index in [1.807, 2.05) is 0 Å². The van der Waals surface area contributed by atoms with Crippen molar-refractivity contribution in [2.45, 2.75) is 70.4 Å². The molecule has 0 saturated heterocycles. The van der Waals surface area contributed by atoms with E-state index >= 15 is 0 Å². The summed E-state index contributed by atoms with van der Waals surface area (Å²) in [6.45, 7) is 2.35. The molecular formula is C13H24N2S. The fourth-order valence-corrected chi connectivity index (χ4v) is 3.22. The van der Waals surface area contributed by atoms with Gasteiger partial charge in [0.15, 0.2) is 5.11 Å². The molecule has 2 aliphatic carbocycles. The number of thiocarbonyl (C=S) groups is 1. The van der Waals surface area contributed by atoms with Crippen molar-refractivity contribution < 1.29 is 0 Å². The van der Waals surface area contributed by atoms with Gasteiger partial charge in [0.25, 0.3) is 0 Å². The van der Waals surface area contributed by atoms with Crippen molar-refractivity contribution >= 4 is 17.3 Å². The Morgan fingerprint density at radius 3 is 1.94 bits per heavy atom. The monoisotopic (exact) mass is 240 g/mol. The maximum Gasteiger partial charge on any atom is 0.166 e. The van der Waals surface area contributed by atoms with Crippen molar-refractivity contribution in [2.75, 3.05) is 0 Å². The van der Waals surface area contributed by atoms with Gasteiger partial charge >= 0.3 is 0 Å². The summed E-state index contributed by atoms with van der Waals surface area (Å²) < 4.78 is 0. The second-order valence-corrected chi connectivity index (χ2v) is 5.96. The Balaban J connectivity index is 1.66. The molecule has 0 atom stereocenters. The molecule has 0 bridgehead atoms. The van der Waals surface area contributed by atoms with Gasteiger partial charge in [-0.15, -0.1) is 0 Å². The van der Waals surface area contributed by atoms with Crippen LogP contribution in [0.15, 0.2) is 0 Å². The predicted molar refractivity (Wildman–Crippen MR) is 72.5 cm³/mol.